The predicted molar refractivity (Wildman–Crippen MR) is 213 cm³/mol. The van der Waals surface area contributed by atoms with Crippen LogP contribution in [-0.4, -0.2) is 15.0 Å². The van der Waals surface area contributed by atoms with E-state index in [0.29, 0.717) is 0 Å². The van der Waals surface area contributed by atoms with E-state index in [1.807, 2.05) is 24.5 Å². The molecule has 10 aromatic rings. The highest BCUT2D eigenvalue weighted by Crippen LogP contribution is 2.55. The van der Waals surface area contributed by atoms with E-state index in [1.165, 1.54) is 22.3 Å². The highest BCUT2D eigenvalue weighted by atomic mass is 16.3. The Morgan fingerprint density at radius 1 is 0.519 bits per heavy atom. The summed E-state index contributed by atoms with van der Waals surface area (Å²) in [7, 11) is 0. The van der Waals surface area contributed by atoms with Crippen molar-refractivity contribution < 1.29 is 4.42 Å². The maximum Gasteiger partial charge on any atom is 0.144 e. The molecule has 0 saturated carbocycles. The van der Waals surface area contributed by atoms with Crippen molar-refractivity contribution in [1.29, 1.82) is 0 Å². The van der Waals surface area contributed by atoms with E-state index in [9.17, 15) is 0 Å². The van der Waals surface area contributed by atoms with Crippen molar-refractivity contribution in [2.24, 2.45) is 0 Å². The van der Waals surface area contributed by atoms with Crippen LogP contribution in [0.1, 0.15) is 25.0 Å². The quantitative estimate of drug-likeness (QED) is 0.176. The summed E-state index contributed by atoms with van der Waals surface area (Å²) in [6.45, 7) is 4.64. The van der Waals surface area contributed by atoms with Crippen molar-refractivity contribution in [3.05, 3.63) is 163 Å². The lowest BCUT2D eigenvalue weighted by molar-refractivity contribution is 0.653. The number of para-hydroxylation sites is 1. The van der Waals surface area contributed by atoms with Crippen molar-refractivity contribution in [3.63, 3.8) is 0 Å². The van der Waals surface area contributed by atoms with Crippen molar-refractivity contribution in [2.45, 2.75) is 19.3 Å². The van der Waals surface area contributed by atoms with E-state index >= 15 is 0 Å². The van der Waals surface area contributed by atoms with Gasteiger partial charge in [-0.15, -0.1) is 0 Å². The molecule has 0 atom stereocenters. The molecule has 52 heavy (non-hydrogen) atoms. The molecule has 4 heterocycles. The summed E-state index contributed by atoms with van der Waals surface area (Å²) in [5.74, 6) is 0. The zero-order valence-corrected chi connectivity index (χ0v) is 28.7. The lowest BCUT2D eigenvalue weighted by Crippen LogP contribution is -2.15. The van der Waals surface area contributed by atoms with Gasteiger partial charge in [-0.2, -0.15) is 0 Å². The van der Waals surface area contributed by atoms with Gasteiger partial charge in [-0.05, 0) is 57.5 Å². The number of aromatic nitrogens is 3. The van der Waals surface area contributed by atoms with Crippen molar-refractivity contribution >= 4 is 54.5 Å². The molecular weight excluding hydrogens is 635 g/mol. The summed E-state index contributed by atoms with van der Waals surface area (Å²) in [5, 5.41) is 6.51. The van der Waals surface area contributed by atoms with E-state index in [1.54, 1.807) is 0 Å². The fourth-order valence-electron chi connectivity index (χ4n) is 8.58. The molecule has 0 aliphatic heterocycles. The second kappa shape index (κ2) is 10.7. The Bertz CT molecular complexity index is 3100. The second-order valence-corrected chi connectivity index (χ2v) is 14.4. The van der Waals surface area contributed by atoms with Crippen LogP contribution in [0.15, 0.2) is 156 Å². The van der Waals surface area contributed by atoms with Gasteiger partial charge in [0.05, 0.1) is 22.4 Å². The SMILES string of the molecule is CC1(C)c2ccccc2-c2c1cc(-c1cnc(-c3ccc4ccc5cc(-c6ccccc6)cnc5c4n3)c3ccccc13)c1c2oc2ccccc21. The first-order chi connectivity index (χ1) is 25.5. The number of hydrogen-bond acceptors (Lipinski definition) is 4. The largest absolute Gasteiger partial charge is 0.455 e. The molecule has 4 aromatic heterocycles. The number of rotatable bonds is 3. The number of pyridine rings is 3. The first-order valence-electron chi connectivity index (χ1n) is 17.8. The Hall–Kier alpha value is -6.65. The number of furan rings is 1. The van der Waals surface area contributed by atoms with Gasteiger partial charge in [-0.1, -0.05) is 129 Å². The smallest absolute Gasteiger partial charge is 0.144 e. The summed E-state index contributed by atoms with van der Waals surface area (Å²) in [5.41, 5.74) is 14.5. The Morgan fingerprint density at radius 2 is 1.25 bits per heavy atom. The molecule has 0 amide bonds. The number of nitrogens with zero attached hydrogens (tertiary/aromatic N) is 3. The van der Waals surface area contributed by atoms with Crippen molar-refractivity contribution in [1.82, 2.24) is 15.0 Å². The molecule has 244 valence electrons. The van der Waals surface area contributed by atoms with Crippen LogP contribution in [0.5, 0.6) is 0 Å². The monoisotopic (exact) mass is 665 g/mol. The van der Waals surface area contributed by atoms with Gasteiger partial charge in [0, 0.05) is 61.4 Å². The minimum atomic E-state index is -0.190. The summed E-state index contributed by atoms with van der Waals surface area (Å²) >= 11 is 0. The molecular formula is C48H31N3O. The highest BCUT2D eigenvalue weighted by molar-refractivity contribution is 6.20. The second-order valence-electron chi connectivity index (χ2n) is 14.4. The van der Waals surface area contributed by atoms with Gasteiger partial charge in [0.25, 0.3) is 0 Å². The third-order valence-electron chi connectivity index (χ3n) is 11.1. The van der Waals surface area contributed by atoms with Gasteiger partial charge >= 0.3 is 0 Å². The molecule has 1 aliphatic rings. The van der Waals surface area contributed by atoms with Crippen LogP contribution in [0, 0.1) is 0 Å². The molecule has 4 nitrogen and oxygen atoms in total. The van der Waals surface area contributed by atoms with Gasteiger partial charge in [-0.3, -0.25) is 9.97 Å². The molecule has 0 spiro atoms. The zero-order chi connectivity index (χ0) is 34.6. The molecule has 11 rings (SSSR count). The Balaban J connectivity index is 1.13. The average molecular weight is 666 g/mol. The number of hydrogen-bond donors (Lipinski definition) is 0. The van der Waals surface area contributed by atoms with E-state index in [-0.39, 0.29) is 5.41 Å². The molecule has 0 radical (unpaired) electrons. The van der Waals surface area contributed by atoms with Crippen LogP contribution >= 0.6 is 0 Å². The first kappa shape index (κ1) is 29.1. The van der Waals surface area contributed by atoms with Crippen LogP contribution in [0.3, 0.4) is 0 Å². The van der Waals surface area contributed by atoms with Crippen LogP contribution in [0.25, 0.3) is 99.3 Å². The molecule has 4 heteroatoms. The minimum Gasteiger partial charge on any atom is -0.455 e. The average Bonchev–Trinajstić information content (AvgIpc) is 3.69. The van der Waals surface area contributed by atoms with Crippen LogP contribution in [0.4, 0.5) is 0 Å². The van der Waals surface area contributed by atoms with Crippen molar-refractivity contribution in [3.8, 4) is 44.8 Å². The number of fused-ring (bicyclic) bond motifs is 11. The molecule has 0 bridgehead atoms. The zero-order valence-electron chi connectivity index (χ0n) is 28.7. The molecule has 0 unspecified atom stereocenters. The molecule has 1 aliphatic carbocycles. The van der Waals surface area contributed by atoms with Gasteiger partial charge in [-0.25, -0.2) is 4.98 Å². The summed E-state index contributed by atoms with van der Waals surface area (Å²) in [6, 6.07) is 49.2. The van der Waals surface area contributed by atoms with Gasteiger partial charge < -0.3 is 4.42 Å². The summed E-state index contributed by atoms with van der Waals surface area (Å²) in [4.78, 5) is 15.4. The molecule has 0 fully saturated rings. The van der Waals surface area contributed by atoms with E-state index in [4.69, 9.17) is 19.4 Å². The van der Waals surface area contributed by atoms with Gasteiger partial charge in [0.1, 0.15) is 11.2 Å². The Kier molecular flexibility index (Phi) is 5.98. The highest BCUT2D eigenvalue weighted by Gasteiger charge is 2.38. The molecule has 0 saturated heterocycles. The fourth-order valence-corrected chi connectivity index (χ4v) is 8.58. The number of benzene rings is 6. The maximum absolute atomic E-state index is 6.78. The van der Waals surface area contributed by atoms with Crippen LogP contribution in [-0.2, 0) is 5.41 Å². The normalized spacial score (nSPS) is 13.3. The van der Waals surface area contributed by atoms with Crippen LogP contribution < -0.4 is 0 Å². The van der Waals surface area contributed by atoms with E-state index < -0.39 is 0 Å². The molecule has 6 aromatic carbocycles. The molecule has 0 N–H and O–H groups in total. The van der Waals surface area contributed by atoms with Crippen LogP contribution in [0.2, 0.25) is 0 Å². The van der Waals surface area contributed by atoms with Crippen molar-refractivity contribution in [2.75, 3.05) is 0 Å². The van der Waals surface area contributed by atoms with E-state index in [2.05, 4.69) is 141 Å². The third-order valence-corrected chi connectivity index (χ3v) is 11.1. The fraction of sp³-hybridized carbons (Fsp3) is 0.0625. The topological polar surface area (TPSA) is 51.8 Å². The first-order valence-corrected chi connectivity index (χ1v) is 17.8. The predicted octanol–water partition coefficient (Wildman–Crippen LogP) is 12.5. The third kappa shape index (κ3) is 4.06. The van der Waals surface area contributed by atoms with E-state index in [0.717, 1.165) is 88.2 Å². The summed E-state index contributed by atoms with van der Waals surface area (Å²) < 4.78 is 6.78. The Labute approximate surface area is 300 Å². The lowest BCUT2D eigenvalue weighted by atomic mass is 9.80. The minimum absolute atomic E-state index is 0.190. The summed E-state index contributed by atoms with van der Waals surface area (Å²) in [6.07, 6.45) is 3.99. The maximum atomic E-state index is 6.78. The Morgan fingerprint density at radius 3 is 2.13 bits per heavy atom. The van der Waals surface area contributed by atoms with Gasteiger partial charge in [0.2, 0.25) is 0 Å². The lowest BCUT2D eigenvalue weighted by Gasteiger charge is -2.22. The standard InChI is InChI=1S/C48H31N3O/c1-48(2)38-18-10-8-16-34(38)43-39(48)25-36(42-35-17-9-11-19-41(35)52-47(42)43)37-27-50-46(33-15-7-6-14-32(33)37)40-23-22-29-20-21-30-24-31(28-12-4-3-5-13-28)26-49-44(30)45(29)51-40/h3-27H,1-2H3. The van der Waals surface area contributed by atoms with Gasteiger partial charge in [0.15, 0.2) is 0 Å².